The Balaban J connectivity index is 1.51. The van der Waals surface area contributed by atoms with Gasteiger partial charge in [0.1, 0.15) is 0 Å². The van der Waals surface area contributed by atoms with Crippen molar-refractivity contribution in [2.24, 2.45) is 0 Å². The van der Waals surface area contributed by atoms with Gasteiger partial charge in [-0.25, -0.2) is 4.79 Å². The summed E-state index contributed by atoms with van der Waals surface area (Å²) in [4.78, 5) is 25.7. The van der Waals surface area contributed by atoms with Crippen LogP contribution >= 0.6 is 0 Å². The van der Waals surface area contributed by atoms with Gasteiger partial charge in [-0.2, -0.15) is 0 Å². The molecule has 0 aromatic heterocycles. The van der Waals surface area contributed by atoms with Crippen LogP contribution in [0, 0.1) is 6.92 Å². The SMILES string of the molecule is Cc1ccccc1[C@H](C)NC(=O)NCc1ccc(N2CCCC2=O)cc1. The van der Waals surface area contributed by atoms with Crippen LogP contribution < -0.4 is 15.5 Å². The zero-order chi connectivity index (χ0) is 18.5. The normalized spacial score (nSPS) is 15.0. The number of carbonyl (C=O) groups is 2. The van der Waals surface area contributed by atoms with Crippen molar-refractivity contribution in [3.05, 3.63) is 65.2 Å². The minimum Gasteiger partial charge on any atom is -0.334 e. The van der Waals surface area contributed by atoms with E-state index in [1.165, 1.54) is 0 Å². The summed E-state index contributed by atoms with van der Waals surface area (Å²) in [7, 11) is 0. The number of rotatable bonds is 5. The van der Waals surface area contributed by atoms with Crippen LogP contribution in [0.1, 0.15) is 42.5 Å². The molecule has 0 spiro atoms. The number of aryl methyl sites for hydroxylation is 1. The van der Waals surface area contributed by atoms with Crippen molar-refractivity contribution < 1.29 is 9.59 Å². The van der Waals surface area contributed by atoms with Gasteiger partial charge in [-0.3, -0.25) is 4.79 Å². The van der Waals surface area contributed by atoms with Crippen molar-refractivity contribution in [3.8, 4) is 0 Å². The summed E-state index contributed by atoms with van der Waals surface area (Å²) in [6.07, 6.45) is 1.55. The first kappa shape index (κ1) is 18.0. The topological polar surface area (TPSA) is 61.4 Å². The fourth-order valence-corrected chi connectivity index (χ4v) is 3.30. The van der Waals surface area contributed by atoms with Crippen LogP contribution in [-0.2, 0) is 11.3 Å². The lowest BCUT2D eigenvalue weighted by Crippen LogP contribution is -2.36. The quantitative estimate of drug-likeness (QED) is 0.863. The summed E-state index contributed by atoms with van der Waals surface area (Å²) in [5.74, 6) is 0.181. The molecule has 1 heterocycles. The molecule has 1 aliphatic rings. The largest absolute Gasteiger partial charge is 0.334 e. The van der Waals surface area contributed by atoms with Crippen molar-refractivity contribution in [3.63, 3.8) is 0 Å². The molecule has 1 fully saturated rings. The molecule has 2 aromatic carbocycles. The highest BCUT2D eigenvalue weighted by Crippen LogP contribution is 2.21. The molecule has 1 aliphatic heterocycles. The summed E-state index contributed by atoms with van der Waals surface area (Å²) in [6, 6.07) is 15.6. The molecule has 2 aromatic rings. The fourth-order valence-electron chi connectivity index (χ4n) is 3.30. The van der Waals surface area contributed by atoms with Crippen molar-refractivity contribution in [2.75, 3.05) is 11.4 Å². The molecule has 0 saturated carbocycles. The number of amides is 3. The smallest absolute Gasteiger partial charge is 0.315 e. The Hall–Kier alpha value is -2.82. The van der Waals surface area contributed by atoms with Crippen LogP contribution in [-0.4, -0.2) is 18.5 Å². The third kappa shape index (κ3) is 4.23. The van der Waals surface area contributed by atoms with Gasteiger partial charge in [0.15, 0.2) is 0 Å². The molecule has 3 amide bonds. The first-order chi connectivity index (χ1) is 12.5. The molecule has 0 aliphatic carbocycles. The van der Waals surface area contributed by atoms with Crippen LogP contribution in [0.3, 0.4) is 0 Å². The Morgan fingerprint density at radius 3 is 2.54 bits per heavy atom. The lowest BCUT2D eigenvalue weighted by molar-refractivity contribution is -0.117. The van der Waals surface area contributed by atoms with Gasteiger partial charge in [-0.15, -0.1) is 0 Å². The highest BCUT2D eigenvalue weighted by atomic mass is 16.2. The maximum Gasteiger partial charge on any atom is 0.315 e. The maximum atomic E-state index is 12.2. The van der Waals surface area contributed by atoms with Crippen molar-refractivity contribution in [1.82, 2.24) is 10.6 Å². The van der Waals surface area contributed by atoms with Gasteiger partial charge >= 0.3 is 6.03 Å². The molecule has 5 nitrogen and oxygen atoms in total. The summed E-state index contributed by atoms with van der Waals surface area (Å²) in [5.41, 5.74) is 4.20. The Morgan fingerprint density at radius 2 is 1.88 bits per heavy atom. The molecular formula is C21H25N3O2. The molecule has 0 radical (unpaired) electrons. The van der Waals surface area contributed by atoms with Crippen molar-refractivity contribution in [1.29, 1.82) is 0 Å². The molecule has 26 heavy (non-hydrogen) atoms. The third-order valence-corrected chi connectivity index (χ3v) is 4.78. The number of carbonyl (C=O) groups excluding carboxylic acids is 2. The second-order valence-corrected chi connectivity index (χ2v) is 6.72. The molecule has 5 heteroatoms. The number of nitrogens with zero attached hydrogens (tertiary/aromatic N) is 1. The average molecular weight is 351 g/mol. The average Bonchev–Trinajstić information content (AvgIpc) is 3.06. The van der Waals surface area contributed by atoms with E-state index in [0.717, 1.165) is 35.3 Å². The second-order valence-electron chi connectivity index (χ2n) is 6.72. The highest BCUT2D eigenvalue weighted by molar-refractivity contribution is 5.95. The van der Waals surface area contributed by atoms with Gasteiger partial charge in [0, 0.05) is 25.2 Å². The van der Waals surface area contributed by atoms with Crippen LogP contribution in [0.2, 0.25) is 0 Å². The predicted molar refractivity (Wildman–Crippen MR) is 103 cm³/mol. The van der Waals surface area contributed by atoms with E-state index < -0.39 is 0 Å². The molecule has 0 unspecified atom stereocenters. The van der Waals surface area contributed by atoms with E-state index in [1.54, 1.807) is 0 Å². The van der Waals surface area contributed by atoms with E-state index in [4.69, 9.17) is 0 Å². The summed E-state index contributed by atoms with van der Waals surface area (Å²) in [5, 5.41) is 5.85. The zero-order valence-corrected chi connectivity index (χ0v) is 15.3. The minimum absolute atomic E-state index is 0.0558. The Kier molecular flexibility index (Phi) is 5.56. The van der Waals surface area contributed by atoms with Gasteiger partial charge in [0.05, 0.1) is 6.04 Å². The molecule has 3 rings (SSSR count). The van der Waals surface area contributed by atoms with Crippen LogP contribution in [0.4, 0.5) is 10.5 Å². The second kappa shape index (κ2) is 8.04. The number of hydrogen-bond acceptors (Lipinski definition) is 2. The lowest BCUT2D eigenvalue weighted by Gasteiger charge is -2.18. The molecule has 1 atom stereocenters. The van der Waals surface area contributed by atoms with Gasteiger partial charge in [-0.1, -0.05) is 36.4 Å². The summed E-state index contributed by atoms with van der Waals surface area (Å²) in [6.45, 7) is 5.25. The monoisotopic (exact) mass is 351 g/mol. The first-order valence-electron chi connectivity index (χ1n) is 9.04. The van der Waals surface area contributed by atoms with Crippen molar-refractivity contribution in [2.45, 2.75) is 39.3 Å². The van der Waals surface area contributed by atoms with E-state index in [-0.39, 0.29) is 18.0 Å². The number of urea groups is 1. The minimum atomic E-state index is -0.195. The van der Waals surface area contributed by atoms with Gasteiger partial charge in [0.2, 0.25) is 5.91 Å². The van der Waals surface area contributed by atoms with E-state index in [1.807, 2.05) is 67.3 Å². The lowest BCUT2D eigenvalue weighted by atomic mass is 10.0. The number of nitrogens with one attached hydrogen (secondary N) is 2. The molecule has 0 bridgehead atoms. The summed E-state index contributed by atoms with van der Waals surface area (Å²) < 4.78 is 0. The number of anilines is 1. The molecule has 1 saturated heterocycles. The first-order valence-corrected chi connectivity index (χ1v) is 9.04. The third-order valence-electron chi connectivity index (χ3n) is 4.78. The number of benzene rings is 2. The number of hydrogen-bond donors (Lipinski definition) is 2. The fraction of sp³-hybridized carbons (Fsp3) is 0.333. The molecule has 136 valence electrons. The Morgan fingerprint density at radius 1 is 1.15 bits per heavy atom. The van der Waals surface area contributed by atoms with Crippen LogP contribution in [0.25, 0.3) is 0 Å². The van der Waals surface area contributed by atoms with E-state index in [2.05, 4.69) is 10.6 Å². The molecule has 2 N–H and O–H groups in total. The van der Waals surface area contributed by atoms with E-state index >= 15 is 0 Å². The van der Waals surface area contributed by atoms with E-state index in [9.17, 15) is 9.59 Å². The standard InChI is InChI=1S/C21H25N3O2/c1-15-6-3-4-7-19(15)16(2)23-21(26)22-14-17-9-11-18(12-10-17)24-13-5-8-20(24)25/h3-4,6-7,9-12,16H,5,8,13-14H2,1-2H3,(H2,22,23,26)/t16-/m0/s1. The Labute approximate surface area is 154 Å². The predicted octanol–water partition coefficient (Wildman–Crippen LogP) is 3.68. The molecular weight excluding hydrogens is 326 g/mol. The zero-order valence-electron chi connectivity index (χ0n) is 15.3. The van der Waals surface area contributed by atoms with Crippen molar-refractivity contribution >= 4 is 17.6 Å². The van der Waals surface area contributed by atoms with E-state index in [0.29, 0.717) is 13.0 Å². The summed E-state index contributed by atoms with van der Waals surface area (Å²) >= 11 is 0. The van der Waals surface area contributed by atoms with Crippen LogP contribution in [0.5, 0.6) is 0 Å². The van der Waals surface area contributed by atoms with Gasteiger partial charge in [0.25, 0.3) is 0 Å². The van der Waals surface area contributed by atoms with Gasteiger partial charge in [-0.05, 0) is 49.1 Å². The van der Waals surface area contributed by atoms with Crippen LogP contribution in [0.15, 0.2) is 48.5 Å². The maximum absolute atomic E-state index is 12.2. The Bertz CT molecular complexity index is 786. The van der Waals surface area contributed by atoms with Gasteiger partial charge < -0.3 is 15.5 Å². The highest BCUT2D eigenvalue weighted by Gasteiger charge is 2.21.